The van der Waals surface area contributed by atoms with Gasteiger partial charge in [0.05, 0.1) is 24.0 Å². The van der Waals surface area contributed by atoms with Crippen LogP contribution in [0, 0.1) is 0 Å². The Morgan fingerprint density at radius 2 is 1.84 bits per heavy atom. The van der Waals surface area contributed by atoms with E-state index in [2.05, 4.69) is 20.6 Å². The van der Waals surface area contributed by atoms with Crippen LogP contribution >= 0.6 is 11.3 Å². The van der Waals surface area contributed by atoms with Gasteiger partial charge in [0.15, 0.2) is 0 Å². The van der Waals surface area contributed by atoms with Crippen molar-refractivity contribution in [2.24, 2.45) is 0 Å². The third-order valence-corrected chi connectivity index (χ3v) is 6.57. The van der Waals surface area contributed by atoms with Crippen LogP contribution in [0.4, 0.5) is 11.4 Å². The first kappa shape index (κ1) is 20.2. The minimum atomic E-state index is -0.375. The van der Waals surface area contributed by atoms with Gasteiger partial charge in [0.1, 0.15) is 10.5 Å². The second kappa shape index (κ2) is 8.82. The number of aromatic nitrogens is 2. The number of nitrogens with zero attached hydrogens (tertiary/aromatic N) is 1. The molecule has 0 radical (unpaired) electrons. The van der Waals surface area contributed by atoms with Gasteiger partial charge in [-0.25, -0.2) is 4.98 Å². The number of aliphatic hydroxyl groups is 1. The molecule has 0 spiro atoms. The van der Waals surface area contributed by atoms with E-state index in [0.29, 0.717) is 11.3 Å². The van der Waals surface area contributed by atoms with Gasteiger partial charge >= 0.3 is 0 Å². The Kier molecular flexibility index (Phi) is 5.58. The first-order valence-electron chi connectivity index (χ1n) is 10.4. The van der Waals surface area contributed by atoms with E-state index in [1.54, 1.807) is 6.20 Å². The van der Waals surface area contributed by atoms with Crippen LogP contribution < -0.4 is 10.6 Å². The summed E-state index contributed by atoms with van der Waals surface area (Å²) >= 11 is 1.44. The summed E-state index contributed by atoms with van der Waals surface area (Å²) in [5, 5.41) is 18.3. The highest BCUT2D eigenvalue weighted by molar-refractivity contribution is 7.21. The third-order valence-electron chi connectivity index (χ3n) is 5.40. The minimum Gasteiger partial charge on any atom is -0.394 e. The number of amides is 1. The molecule has 0 aliphatic heterocycles. The Balaban J connectivity index is 1.48. The van der Waals surface area contributed by atoms with Gasteiger partial charge in [0, 0.05) is 27.9 Å². The monoisotopic (exact) mass is 442 g/mol. The predicted molar refractivity (Wildman–Crippen MR) is 130 cm³/mol. The van der Waals surface area contributed by atoms with Crippen LogP contribution in [0.3, 0.4) is 0 Å². The molecule has 1 atom stereocenters. The molecule has 4 N–H and O–H groups in total. The van der Waals surface area contributed by atoms with Crippen LogP contribution in [-0.4, -0.2) is 33.6 Å². The molecule has 0 aliphatic carbocycles. The van der Waals surface area contributed by atoms with Crippen molar-refractivity contribution in [1.82, 2.24) is 15.3 Å². The fourth-order valence-corrected chi connectivity index (χ4v) is 4.91. The summed E-state index contributed by atoms with van der Waals surface area (Å²) < 4.78 is 1.02. The summed E-state index contributed by atoms with van der Waals surface area (Å²) in [6.07, 6.45) is 4.14. The molecule has 32 heavy (non-hydrogen) atoms. The quantitative estimate of drug-likeness (QED) is 0.290. The van der Waals surface area contributed by atoms with Gasteiger partial charge in [-0.3, -0.25) is 4.79 Å². The molecule has 1 amide bonds. The molecule has 0 bridgehead atoms. The maximum atomic E-state index is 13.3. The Labute approximate surface area is 188 Å². The molecule has 160 valence electrons. The van der Waals surface area contributed by atoms with E-state index in [1.807, 2.05) is 72.9 Å². The van der Waals surface area contributed by atoms with Crippen LogP contribution in [0.25, 0.3) is 21.1 Å². The number of anilines is 2. The number of hydrogen-bond donors (Lipinski definition) is 4. The van der Waals surface area contributed by atoms with E-state index >= 15 is 0 Å². The largest absolute Gasteiger partial charge is 0.394 e. The molecular weight excluding hydrogens is 420 g/mol. The first-order valence-corrected chi connectivity index (χ1v) is 11.2. The summed E-state index contributed by atoms with van der Waals surface area (Å²) in [5.41, 5.74) is 3.47. The topological polar surface area (TPSA) is 90.0 Å². The summed E-state index contributed by atoms with van der Waals surface area (Å²) in [6, 6.07) is 21.3. The summed E-state index contributed by atoms with van der Waals surface area (Å²) in [4.78, 5) is 21.4. The van der Waals surface area contributed by atoms with E-state index in [4.69, 9.17) is 0 Å². The second-order valence-corrected chi connectivity index (χ2v) is 8.62. The lowest BCUT2D eigenvalue weighted by atomic mass is 10.1. The van der Waals surface area contributed by atoms with Crippen LogP contribution in [-0.2, 0) is 6.42 Å². The molecule has 2 aromatic carbocycles. The normalized spacial score (nSPS) is 12.2. The average molecular weight is 443 g/mol. The number of aromatic amines is 1. The summed E-state index contributed by atoms with van der Waals surface area (Å²) in [5.74, 6) is -0.206. The van der Waals surface area contributed by atoms with E-state index in [9.17, 15) is 9.90 Å². The Hall–Kier alpha value is -3.68. The zero-order valence-electron chi connectivity index (χ0n) is 17.2. The number of fused-ring (bicyclic) bond motifs is 2. The van der Waals surface area contributed by atoms with E-state index in [1.165, 1.54) is 11.3 Å². The highest BCUT2D eigenvalue weighted by Gasteiger charge is 2.22. The zero-order valence-corrected chi connectivity index (χ0v) is 18.0. The maximum Gasteiger partial charge on any atom is 0.263 e. The molecule has 5 rings (SSSR count). The molecule has 0 aliphatic rings. The molecule has 7 heteroatoms. The smallest absolute Gasteiger partial charge is 0.263 e. The number of aliphatic hydroxyl groups excluding tert-OH is 1. The highest BCUT2D eigenvalue weighted by atomic mass is 32.1. The van der Waals surface area contributed by atoms with E-state index in [-0.39, 0.29) is 18.6 Å². The van der Waals surface area contributed by atoms with E-state index in [0.717, 1.165) is 38.1 Å². The van der Waals surface area contributed by atoms with Crippen LogP contribution in [0.15, 0.2) is 79.1 Å². The molecule has 0 fully saturated rings. The number of thiophene rings is 1. The van der Waals surface area contributed by atoms with Crippen molar-refractivity contribution >= 4 is 49.7 Å². The van der Waals surface area contributed by atoms with Gasteiger partial charge in [-0.05, 0) is 30.2 Å². The highest BCUT2D eigenvalue weighted by Crippen LogP contribution is 2.38. The SMILES string of the molecule is O=C(NC(CO)Cc1ccccc1)c1sc2ccccc2c1Nc1ccnc2[nH]ccc12. The van der Waals surface area contributed by atoms with Gasteiger partial charge < -0.3 is 20.7 Å². The van der Waals surface area contributed by atoms with Crippen LogP contribution in [0.2, 0.25) is 0 Å². The number of carbonyl (C=O) groups is 1. The number of nitrogens with one attached hydrogen (secondary N) is 3. The lowest BCUT2D eigenvalue weighted by Crippen LogP contribution is -2.39. The summed E-state index contributed by atoms with van der Waals surface area (Å²) in [6.45, 7) is -0.136. The molecule has 6 nitrogen and oxygen atoms in total. The van der Waals surface area contributed by atoms with Crippen molar-refractivity contribution in [2.45, 2.75) is 12.5 Å². The number of carbonyl (C=O) groups excluding carboxylic acids is 1. The van der Waals surface area contributed by atoms with Crippen molar-refractivity contribution in [2.75, 3.05) is 11.9 Å². The zero-order chi connectivity index (χ0) is 21.9. The number of benzene rings is 2. The molecule has 3 heterocycles. The standard InChI is InChI=1S/C25H22N4O2S/c30-15-17(14-16-6-2-1-3-7-16)28-25(31)23-22(19-8-4-5-9-21(19)32-23)29-20-11-13-27-24-18(20)10-12-26-24/h1-13,17,30H,14-15H2,(H,28,31)(H2,26,27,29). The van der Waals surface area contributed by atoms with Gasteiger partial charge in [-0.1, -0.05) is 48.5 Å². The minimum absolute atomic E-state index is 0.136. The Bertz CT molecular complexity index is 1380. The molecular formula is C25H22N4O2S. The number of H-pyrrole nitrogens is 1. The molecule has 1 unspecified atom stereocenters. The average Bonchev–Trinajstić information content (AvgIpc) is 3.45. The molecule has 0 saturated heterocycles. The van der Waals surface area contributed by atoms with Gasteiger partial charge in [-0.2, -0.15) is 0 Å². The lowest BCUT2D eigenvalue weighted by Gasteiger charge is -2.17. The van der Waals surface area contributed by atoms with Crippen molar-refractivity contribution < 1.29 is 9.90 Å². The lowest BCUT2D eigenvalue weighted by molar-refractivity contribution is 0.0921. The Morgan fingerprint density at radius 3 is 2.69 bits per heavy atom. The fourth-order valence-electron chi connectivity index (χ4n) is 3.84. The first-order chi connectivity index (χ1) is 15.7. The Morgan fingerprint density at radius 1 is 1.03 bits per heavy atom. The molecule has 0 saturated carbocycles. The fraction of sp³-hybridized carbons (Fsp3) is 0.120. The van der Waals surface area contributed by atoms with Crippen molar-refractivity contribution in [3.63, 3.8) is 0 Å². The van der Waals surface area contributed by atoms with Crippen molar-refractivity contribution in [3.8, 4) is 0 Å². The van der Waals surface area contributed by atoms with Gasteiger partial charge in [0.25, 0.3) is 5.91 Å². The second-order valence-electron chi connectivity index (χ2n) is 7.57. The van der Waals surface area contributed by atoms with Crippen molar-refractivity contribution in [3.05, 3.63) is 89.6 Å². The number of hydrogen-bond acceptors (Lipinski definition) is 5. The summed E-state index contributed by atoms with van der Waals surface area (Å²) in [7, 11) is 0. The van der Waals surface area contributed by atoms with Crippen LogP contribution in [0.5, 0.6) is 0 Å². The number of pyridine rings is 1. The molecule has 5 aromatic rings. The van der Waals surface area contributed by atoms with E-state index < -0.39 is 0 Å². The maximum absolute atomic E-state index is 13.3. The predicted octanol–water partition coefficient (Wildman–Crippen LogP) is 4.85. The number of rotatable bonds is 7. The van der Waals surface area contributed by atoms with Gasteiger partial charge in [0.2, 0.25) is 0 Å². The van der Waals surface area contributed by atoms with Gasteiger partial charge in [-0.15, -0.1) is 11.3 Å². The van der Waals surface area contributed by atoms with Crippen molar-refractivity contribution in [1.29, 1.82) is 0 Å². The third kappa shape index (κ3) is 3.95. The van der Waals surface area contributed by atoms with Crippen LogP contribution in [0.1, 0.15) is 15.2 Å². The molecule has 3 aromatic heterocycles.